The van der Waals surface area contributed by atoms with Crippen LogP contribution in [0.5, 0.6) is 0 Å². The van der Waals surface area contributed by atoms with Crippen LogP contribution in [0.4, 0.5) is 0 Å². The molecule has 0 saturated heterocycles. The molecule has 24 heavy (non-hydrogen) atoms. The third kappa shape index (κ3) is 4.10. The van der Waals surface area contributed by atoms with Gasteiger partial charge in [-0.05, 0) is 24.6 Å². The molecule has 0 atom stereocenters. The third-order valence-corrected chi connectivity index (χ3v) is 4.87. The number of rotatable bonds is 6. The normalized spacial score (nSPS) is 11.5. The van der Waals surface area contributed by atoms with Crippen molar-refractivity contribution in [3.63, 3.8) is 0 Å². The molecule has 0 unspecified atom stereocenters. The minimum atomic E-state index is -3.44. The zero-order valence-corrected chi connectivity index (χ0v) is 14.1. The highest BCUT2D eigenvalue weighted by Crippen LogP contribution is 2.21. The molecule has 3 aromatic rings. The fourth-order valence-corrected chi connectivity index (χ4v) is 3.41. The molecule has 3 rings (SSSR count). The zero-order valence-electron chi connectivity index (χ0n) is 13.3. The summed E-state index contributed by atoms with van der Waals surface area (Å²) >= 11 is 0. The molecular formula is C18H18N2O3S. The molecule has 0 saturated carbocycles. The molecule has 0 radical (unpaired) electrons. The quantitative estimate of drug-likeness (QED) is 0.746. The number of nitrogens with one attached hydrogen (secondary N) is 1. The lowest BCUT2D eigenvalue weighted by atomic mass is 10.2. The smallest absolute Gasteiger partial charge is 0.226 e. The number of hydrogen-bond donors (Lipinski definition) is 1. The van der Waals surface area contributed by atoms with Gasteiger partial charge in [0.15, 0.2) is 0 Å². The Balaban J connectivity index is 1.69. The Labute approximate surface area is 141 Å². The van der Waals surface area contributed by atoms with E-state index in [2.05, 4.69) is 9.71 Å². The van der Waals surface area contributed by atoms with Gasteiger partial charge >= 0.3 is 0 Å². The molecular weight excluding hydrogens is 324 g/mol. The van der Waals surface area contributed by atoms with E-state index < -0.39 is 10.0 Å². The SMILES string of the molecule is Cc1oc(-c2ccccc2)nc1CNS(=O)(=O)Cc1ccccc1. The number of aryl methyl sites for hydroxylation is 1. The first kappa shape index (κ1) is 16.4. The molecule has 0 aliphatic carbocycles. The Hall–Kier alpha value is -2.44. The van der Waals surface area contributed by atoms with E-state index in [0.29, 0.717) is 17.3 Å². The van der Waals surface area contributed by atoms with Crippen LogP contribution in [-0.2, 0) is 22.3 Å². The summed E-state index contributed by atoms with van der Waals surface area (Å²) < 4.78 is 32.6. The molecule has 0 aliphatic heterocycles. The molecule has 0 bridgehead atoms. The Bertz CT molecular complexity index is 904. The van der Waals surface area contributed by atoms with Crippen molar-refractivity contribution >= 4 is 10.0 Å². The number of hydrogen-bond acceptors (Lipinski definition) is 4. The highest BCUT2D eigenvalue weighted by atomic mass is 32.2. The lowest BCUT2D eigenvalue weighted by Gasteiger charge is -2.05. The Morgan fingerprint density at radius 2 is 1.62 bits per heavy atom. The minimum absolute atomic E-state index is 0.0592. The highest BCUT2D eigenvalue weighted by Gasteiger charge is 2.15. The van der Waals surface area contributed by atoms with Gasteiger partial charge in [-0.3, -0.25) is 0 Å². The van der Waals surface area contributed by atoms with Crippen LogP contribution in [0, 0.1) is 6.92 Å². The van der Waals surface area contributed by atoms with Crippen LogP contribution in [0.25, 0.3) is 11.5 Å². The first-order valence-electron chi connectivity index (χ1n) is 7.56. The van der Waals surface area contributed by atoms with Gasteiger partial charge in [-0.15, -0.1) is 0 Å². The molecule has 0 amide bonds. The summed E-state index contributed by atoms with van der Waals surface area (Å²) in [5.41, 5.74) is 2.19. The van der Waals surface area contributed by atoms with Crippen molar-refractivity contribution in [1.29, 1.82) is 0 Å². The Morgan fingerprint density at radius 1 is 1.00 bits per heavy atom. The van der Waals surface area contributed by atoms with E-state index in [1.54, 1.807) is 19.1 Å². The van der Waals surface area contributed by atoms with Crippen molar-refractivity contribution in [2.24, 2.45) is 0 Å². The monoisotopic (exact) mass is 342 g/mol. The van der Waals surface area contributed by atoms with E-state index in [1.807, 2.05) is 48.5 Å². The maximum atomic E-state index is 12.2. The third-order valence-electron chi connectivity index (χ3n) is 3.57. The second kappa shape index (κ2) is 6.98. The summed E-state index contributed by atoms with van der Waals surface area (Å²) in [5.74, 6) is 1.04. The summed E-state index contributed by atoms with van der Waals surface area (Å²) in [6.45, 7) is 1.89. The minimum Gasteiger partial charge on any atom is -0.441 e. The largest absolute Gasteiger partial charge is 0.441 e. The maximum Gasteiger partial charge on any atom is 0.226 e. The van der Waals surface area contributed by atoms with Crippen LogP contribution in [0.2, 0.25) is 0 Å². The highest BCUT2D eigenvalue weighted by molar-refractivity contribution is 7.88. The molecule has 6 heteroatoms. The maximum absolute atomic E-state index is 12.2. The number of sulfonamides is 1. The van der Waals surface area contributed by atoms with Gasteiger partial charge in [0, 0.05) is 5.56 Å². The van der Waals surface area contributed by atoms with Gasteiger partial charge in [-0.2, -0.15) is 0 Å². The molecule has 1 N–H and O–H groups in total. The van der Waals surface area contributed by atoms with Crippen molar-refractivity contribution in [1.82, 2.24) is 9.71 Å². The second-order valence-corrected chi connectivity index (χ2v) is 7.26. The van der Waals surface area contributed by atoms with Crippen molar-refractivity contribution in [2.75, 3.05) is 0 Å². The molecule has 5 nitrogen and oxygen atoms in total. The van der Waals surface area contributed by atoms with Crippen LogP contribution in [-0.4, -0.2) is 13.4 Å². The summed E-state index contributed by atoms with van der Waals surface area (Å²) in [6.07, 6.45) is 0. The fraction of sp³-hybridized carbons (Fsp3) is 0.167. The van der Waals surface area contributed by atoms with Crippen molar-refractivity contribution in [3.8, 4) is 11.5 Å². The van der Waals surface area contributed by atoms with Crippen LogP contribution in [0.1, 0.15) is 17.0 Å². The number of benzene rings is 2. The van der Waals surface area contributed by atoms with Gasteiger partial charge in [0.1, 0.15) is 5.76 Å². The Kier molecular flexibility index (Phi) is 4.78. The predicted octanol–water partition coefficient (Wildman–Crippen LogP) is 3.27. The van der Waals surface area contributed by atoms with E-state index in [9.17, 15) is 8.42 Å². The first-order chi connectivity index (χ1) is 11.5. The lowest BCUT2D eigenvalue weighted by molar-refractivity contribution is 0.538. The molecule has 0 aliphatic rings. The number of nitrogens with zero attached hydrogens (tertiary/aromatic N) is 1. The number of oxazole rings is 1. The second-order valence-electron chi connectivity index (χ2n) is 5.45. The van der Waals surface area contributed by atoms with E-state index in [4.69, 9.17) is 4.42 Å². The van der Waals surface area contributed by atoms with Gasteiger partial charge < -0.3 is 4.42 Å². The first-order valence-corrected chi connectivity index (χ1v) is 9.22. The molecule has 0 spiro atoms. The van der Waals surface area contributed by atoms with Crippen LogP contribution < -0.4 is 4.72 Å². The molecule has 2 aromatic carbocycles. The summed E-state index contributed by atoms with van der Waals surface area (Å²) in [5, 5.41) is 0. The molecule has 1 aromatic heterocycles. The summed E-state index contributed by atoms with van der Waals surface area (Å²) in [7, 11) is -3.44. The van der Waals surface area contributed by atoms with Gasteiger partial charge in [-0.1, -0.05) is 48.5 Å². The number of aromatic nitrogens is 1. The predicted molar refractivity (Wildman–Crippen MR) is 92.6 cm³/mol. The van der Waals surface area contributed by atoms with Crippen LogP contribution in [0.15, 0.2) is 65.1 Å². The van der Waals surface area contributed by atoms with Crippen molar-refractivity contribution < 1.29 is 12.8 Å². The fourth-order valence-electron chi connectivity index (χ4n) is 2.32. The average molecular weight is 342 g/mol. The summed E-state index contributed by atoms with van der Waals surface area (Å²) in [4.78, 5) is 4.40. The van der Waals surface area contributed by atoms with Crippen molar-refractivity contribution in [2.45, 2.75) is 19.2 Å². The lowest BCUT2D eigenvalue weighted by Crippen LogP contribution is -2.25. The van der Waals surface area contributed by atoms with Crippen LogP contribution in [0.3, 0.4) is 0 Å². The Morgan fingerprint density at radius 3 is 2.29 bits per heavy atom. The van der Waals surface area contributed by atoms with Crippen molar-refractivity contribution in [3.05, 3.63) is 77.7 Å². The summed E-state index contributed by atoms with van der Waals surface area (Å²) in [6, 6.07) is 18.6. The zero-order chi connectivity index (χ0) is 17.0. The van der Waals surface area contributed by atoms with Crippen LogP contribution >= 0.6 is 0 Å². The van der Waals surface area contributed by atoms with Gasteiger partial charge in [0.2, 0.25) is 15.9 Å². The van der Waals surface area contributed by atoms with Gasteiger partial charge in [0.25, 0.3) is 0 Å². The van der Waals surface area contributed by atoms with E-state index in [0.717, 1.165) is 11.1 Å². The van der Waals surface area contributed by atoms with E-state index in [-0.39, 0.29) is 12.3 Å². The molecule has 124 valence electrons. The van der Waals surface area contributed by atoms with E-state index >= 15 is 0 Å². The van der Waals surface area contributed by atoms with Gasteiger partial charge in [-0.25, -0.2) is 18.1 Å². The van der Waals surface area contributed by atoms with E-state index in [1.165, 1.54) is 0 Å². The molecule has 1 heterocycles. The average Bonchev–Trinajstić information content (AvgIpc) is 2.95. The topological polar surface area (TPSA) is 72.2 Å². The molecule has 0 fully saturated rings. The van der Waals surface area contributed by atoms with Gasteiger partial charge in [0.05, 0.1) is 18.0 Å². The standard InChI is InChI=1S/C18H18N2O3S/c1-14-17(20-18(23-14)16-10-6-3-7-11-16)12-19-24(21,22)13-15-8-4-2-5-9-15/h2-11,19H,12-13H2,1H3.